The van der Waals surface area contributed by atoms with Gasteiger partial charge in [0.25, 0.3) is 0 Å². The second-order valence-electron chi connectivity index (χ2n) is 7.79. The SMILES string of the molecule is C(=N/Nc1ccccc1)/C(=NNc1ccccc1)C1CCN(Cc2ccccc2)CC1. The monoisotopic (exact) mass is 411 g/mol. The third kappa shape index (κ3) is 6.52. The van der Waals surface area contributed by atoms with Crippen LogP contribution in [0.3, 0.4) is 0 Å². The van der Waals surface area contributed by atoms with Crippen molar-refractivity contribution in [2.75, 3.05) is 23.9 Å². The number of hydrogen-bond acceptors (Lipinski definition) is 5. The number of nitrogens with zero attached hydrogens (tertiary/aromatic N) is 3. The molecule has 3 aromatic rings. The van der Waals surface area contributed by atoms with Crippen LogP contribution in [-0.4, -0.2) is 29.9 Å². The summed E-state index contributed by atoms with van der Waals surface area (Å²) in [4.78, 5) is 2.52. The van der Waals surface area contributed by atoms with Crippen LogP contribution < -0.4 is 10.9 Å². The molecule has 2 N–H and O–H groups in total. The van der Waals surface area contributed by atoms with Crippen molar-refractivity contribution in [2.24, 2.45) is 16.1 Å². The van der Waals surface area contributed by atoms with Crippen molar-refractivity contribution in [3.8, 4) is 0 Å². The molecule has 0 aliphatic carbocycles. The zero-order valence-electron chi connectivity index (χ0n) is 17.7. The summed E-state index contributed by atoms with van der Waals surface area (Å²) in [7, 11) is 0. The van der Waals surface area contributed by atoms with Gasteiger partial charge in [0, 0.05) is 12.5 Å². The first-order valence-electron chi connectivity index (χ1n) is 10.9. The topological polar surface area (TPSA) is 52.0 Å². The lowest BCUT2D eigenvalue weighted by molar-refractivity contribution is 0.202. The number of benzene rings is 3. The van der Waals surface area contributed by atoms with Crippen molar-refractivity contribution in [1.82, 2.24) is 4.90 Å². The third-order valence-electron chi connectivity index (χ3n) is 5.51. The third-order valence-corrected chi connectivity index (χ3v) is 5.51. The summed E-state index contributed by atoms with van der Waals surface area (Å²) in [5, 5.41) is 9.17. The van der Waals surface area contributed by atoms with Crippen molar-refractivity contribution in [3.63, 3.8) is 0 Å². The van der Waals surface area contributed by atoms with Gasteiger partial charge in [-0.1, -0.05) is 66.7 Å². The summed E-state index contributed by atoms with van der Waals surface area (Å²) < 4.78 is 0. The van der Waals surface area contributed by atoms with E-state index in [9.17, 15) is 0 Å². The summed E-state index contributed by atoms with van der Waals surface area (Å²) >= 11 is 0. The van der Waals surface area contributed by atoms with E-state index in [2.05, 4.69) is 51.2 Å². The molecule has 0 radical (unpaired) electrons. The van der Waals surface area contributed by atoms with Crippen LogP contribution >= 0.6 is 0 Å². The molecule has 0 spiro atoms. The van der Waals surface area contributed by atoms with E-state index in [0.717, 1.165) is 49.6 Å². The van der Waals surface area contributed by atoms with Crippen LogP contribution in [0.15, 0.2) is 101 Å². The van der Waals surface area contributed by atoms with Crippen molar-refractivity contribution in [3.05, 3.63) is 96.6 Å². The molecule has 0 bridgehead atoms. The Morgan fingerprint density at radius 3 is 1.94 bits per heavy atom. The first-order valence-corrected chi connectivity index (χ1v) is 10.9. The fourth-order valence-corrected chi connectivity index (χ4v) is 3.78. The van der Waals surface area contributed by atoms with Crippen LogP contribution in [0, 0.1) is 5.92 Å². The van der Waals surface area contributed by atoms with Crippen LogP contribution in [0.1, 0.15) is 18.4 Å². The van der Waals surface area contributed by atoms with Crippen LogP contribution in [0.4, 0.5) is 11.4 Å². The molecule has 3 aromatic carbocycles. The summed E-state index contributed by atoms with van der Waals surface area (Å²) in [6.07, 6.45) is 4.00. The van der Waals surface area contributed by atoms with Crippen LogP contribution in [0.5, 0.6) is 0 Å². The highest BCUT2D eigenvalue weighted by molar-refractivity contribution is 6.31. The standard InChI is InChI=1S/C26H29N5/c1-4-10-22(11-5-1)21-31-18-16-23(17-19-31)26(30-29-25-14-8-3-9-15-25)20-27-28-24-12-6-2-7-13-24/h1-15,20,23,28-29H,16-19,21H2/b27-20-,30-26?. The van der Waals surface area contributed by atoms with Crippen molar-refractivity contribution in [1.29, 1.82) is 0 Å². The van der Waals surface area contributed by atoms with Crippen LogP contribution in [0.25, 0.3) is 0 Å². The molecule has 31 heavy (non-hydrogen) atoms. The predicted octanol–water partition coefficient (Wildman–Crippen LogP) is 5.46. The van der Waals surface area contributed by atoms with Gasteiger partial charge in [-0.15, -0.1) is 0 Å². The molecule has 1 aliphatic heterocycles. The average Bonchev–Trinajstić information content (AvgIpc) is 2.84. The van der Waals surface area contributed by atoms with Crippen LogP contribution in [0.2, 0.25) is 0 Å². The van der Waals surface area contributed by atoms with Crippen molar-refractivity contribution in [2.45, 2.75) is 19.4 Å². The molecule has 5 heteroatoms. The molecule has 1 heterocycles. The maximum absolute atomic E-state index is 4.72. The second-order valence-corrected chi connectivity index (χ2v) is 7.79. The van der Waals surface area contributed by atoms with E-state index in [0.29, 0.717) is 5.92 Å². The highest BCUT2D eigenvalue weighted by atomic mass is 15.3. The normalized spacial score (nSPS) is 15.8. The molecular formula is C26H29N5. The molecular weight excluding hydrogens is 382 g/mol. The largest absolute Gasteiger partial charge is 0.299 e. The molecule has 0 amide bonds. The summed E-state index contributed by atoms with van der Waals surface area (Å²) in [6, 6.07) is 30.7. The minimum atomic E-state index is 0.379. The van der Waals surface area contributed by atoms with E-state index in [1.807, 2.05) is 66.9 Å². The first-order chi connectivity index (χ1) is 15.4. The first kappa shape index (κ1) is 20.8. The second kappa shape index (κ2) is 11.1. The number of likely N-dealkylation sites (tertiary alicyclic amines) is 1. The Kier molecular flexibility index (Phi) is 7.45. The quantitative estimate of drug-likeness (QED) is 0.382. The van der Waals surface area contributed by atoms with E-state index in [1.54, 1.807) is 0 Å². The Hall–Kier alpha value is -3.44. The number of rotatable bonds is 8. The number of hydrogen-bond donors (Lipinski definition) is 2. The minimum Gasteiger partial charge on any atom is -0.299 e. The zero-order chi connectivity index (χ0) is 21.1. The van der Waals surface area contributed by atoms with Crippen molar-refractivity contribution >= 4 is 23.3 Å². The van der Waals surface area contributed by atoms with Crippen LogP contribution in [-0.2, 0) is 6.54 Å². The van der Waals surface area contributed by atoms with E-state index >= 15 is 0 Å². The Labute approximate surface area is 184 Å². The van der Waals surface area contributed by atoms with Gasteiger partial charge >= 0.3 is 0 Å². The number of para-hydroxylation sites is 2. The Morgan fingerprint density at radius 1 is 0.774 bits per heavy atom. The van der Waals surface area contributed by atoms with Gasteiger partial charge in [0.05, 0.1) is 23.3 Å². The van der Waals surface area contributed by atoms with Gasteiger partial charge in [-0.2, -0.15) is 10.2 Å². The number of piperidine rings is 1. The van der Waals surface area contributed by atoms with E-state index < -0.39 is 0 Å². The predicted molar refractivity (Wildman–Crippen MR) is 130 cm³/mol. The van der Waals surface area contributed by atoms with E-state index in [-0.39, 0.29) is 0 Å². The molecule has 0 unspecified atom stereocenters. The van der Waals surface area contributed by atoms with Gasteiger partial charge < -0.3 is 0 Å². The minimum absolute atomic E-state index is 0.379. The molecule has 1 saturated heterocycles. The summed E-state index contributed by atoms with van der Waals surface area (Å²) in [5.74, 6) is 0.379. The molecule has 0 atom stereocenters. The zero-order valence-corrected chi connectivity index (χ0v) is 17.7. The Morgan fingerprint density at radius 2 is 1.32 bits per heavy atom. The molecule has 1 fully saturated rings. The lowest BCUT2D eigenvalue weighted by Crippen LogP contribution is -2.36. The maximum Gasteiger partial charge on any atom is 0.0839 e. The highest BCUT2D eigenvalue weighted by Crippen LogP contribution is 2.21. The van der Waals surface area contributed by atoms with Gasteiger partial charge in [-0.05, 0) is 55.8 Å². The molecule has 4 rings (SSSR count). The maximum atomic E-state index is 4.72. The molecule has 0 aromatic heterocycles. The Balaban J connectivity index is 1.40. The number of hydrazone groups is 2. The summed E-state index contributed by atoms with van der Waals surface area (Å²) in [5.41, 5.74) is 10.6. The number of anilines is 2. The number of nitrogens with one attached hydrogen (secondary N) is 2. The van der Waals surface area contributed by atoms with Crippen molar-refractivity contribution < 1.29 is 0 Å². The summed E-state index contributed by atoms with van der Waals surface area (Å²) in [6.45, 7) is 3.12. The smallest absolute Gasteiger partial charge is 0.0839 e. The molecule has 5 nitrogen and oxygen atoms in total. The van der Waals surface area contributed by atoms with E-state index in [1.165, 1.54) is 5.56 Å². The fourth-order valence-electron chi connectivity index (χ4n) is 3.78. The highest BCUT2D eigenvalue weighted by Gasteiger charge is 2.23. The molecule has 1 aliphatic rings. The van der Waals surface area contributed by atoms with Gasteiger partial charge in [0.1, 0.15) is 0 Å². The van der Waals surface area contributed by atoms with Gasteiger partial charge in [-0.3, -0.25) is 15.8 Å². The molecule has 0 saturated carbocycles. The van der Waals surface area contributed by atoms with Gasteiger partial charge in [0.15, 0.2) is 0 Å². The van der Waals surface area contributed by atoms with Gasteiger partial charge in [0.2, 0.25) is 0 Å². The fraction of sp³-hybridized carbons (Fsp3) is 0.231. The van der Waals surface area contributed by atoms with E-state index in [4.69, 9.17) is 5.10 Å². The average molecular weight is 412 g/mol. The Bertz CT molecular complexity index is 962. The lowest BCUT2D eigenvalue weighted by atomic mass is 9.92. The lowest BCUT2D eigenvalue weighted by Gasteiger charge is -2.31. The molecule has 158 valence electrons. The van der Waals surface area contributed by atoms with Gasteiger partial charge in [-0.25, -0.2) is 0 Å².